The molecule has 0 amide bonds. The second-order valence-electron chi connectivity index (χ2n) is 8.68. The molecule has 0 aromatic heterocycles. The van der Waals surface area contributed by atoms with Gasteiger partial charge in [-0.2, -0.15) is 0 Å². The van der Waals surface area contributed by atoms with E-state index in [4.69, 9.17) is 23.9 Å². The molecule has 1 aromatic carbocycles. The lowest BCUT2D eigenvalue weighted by Gasteiger charge is -2.30. The van der Waals surface area contributed by atoms with Crippen LogP contribution in [0, 0.1) is 0 Å². The fraction of sp³-hybridized carbons (Fsp3) is 0.708. The molecule has 0 radical (unpaired) electrons. The molecule has 1 unspecified atom stereocenters. The van der Waals surface area contributed by atoms with Crippen LogP contribution in [-0.4, -0.2) is 64.7 Å². The summed E-state index contributed by atoms with van der Waals surface area (Å²) in [6.07, 6.45) is 7.05. The van der Waals surface area contributed by atoms with Gasteiger partial charge in [0.15, 0.2) is 17.5 Å². The van der Waals surface area contributed by atoms with Crippen LogP contribution in [0.2, 0.25) is 0 Å². The third-order valence-corrected chi connectivity index (χ3v) is 6.45. The summed E-state index contributed by atoms with van der Waals surface area (Å²) < 4.78 is 22.8. The highest BCUT2D eigenvalue weighted by Gasteiger charge is 2.36. The maximum atomic E-state index is 5.86. The number of hydrogen-bond acceptors (Lipinski definition) is 5. The van der Waals surface area contributed by atoms with Gasteiger partial charge in [0.2, 0.25) is 0 Å². The molecule has 7 nitrogen and oxygen atoms in total. The third-order valence-electron chi connectivity index (χ3n) is 6.45. The van der Waals surface area contributed by atoms with Crippen molar-refractivity contribution in [2.75, 3.05) is 52.7 Å². The highest BCUT2D eigenvalue weighted by atomic mass is 16.6. The SMILES string of the molecule is CCNC(=NCC1(c2ccc3c(c2)OCCO3)CCCC1)NCCCOC1CCOC1. The standard InChI is InChI=1S/C24H37N3O4/c1-2-25-23(26-11-5-12-29-20-8-13-28-17-20)27-18-24(9-3-4-10-24)19-6-7-21-22(16-19)31-15-14-30-21/h6-7,16,20H,2-5,8-15,17-18H2,1H3,(H2,25,26,27). The van der Waals surface area contributed by atoms with Gasteiger partial charge in [0.25, 0.3) is 0 Å². The van der Waals surface area contributed by atoms with Crippen LogP contribution in [0.15, 0.2) is 23.2 Å². The Morgan fingerprint density at radius 1 is 1.13 bits per heavy atom. The Balaban J connectivity index is 1.35. The zero-order valence-electron chi connectivity index (χ0n) is 18.8. The Morgan fingerprint density at radius 3 is 2.74 bits per heavy atom. The van der Waals surface area contributed by atoms with Crippen LogP contribution in [-0.2, 0) is 14.9 Å². The van der Waals surface area contributed by atoms with E-state index in [1.54, 1.807) is 0 Å². The summed E-state index contributed by atoms with van der Waals surface area (Å²) in [5, 5.41) is 6.86. The van der Waals surface area contributed by atoms with Crippen LogP contribution < -0.4 is 20.1 Å². The van der Waals surface area contributed by atoms with Gasteiger partial charge < -0.3 is 29.6 Å². The fourth-order valence-electron chi connectivity index (χ4n) is 4.71. The summed E-state index contributed by atoms with van der Waals surface area (Å²) in [4.78, 5) is 4.99. The molecule has 172 valence electrons. The molecule has 0 spiro atoms. The molecular weight excluding hydrogens is 394 g/mol. The molecule has 1 atom stereocenters. The fourth-order valence-corrected chi connectivity index (χ4v) is 4.71. The van der Waals surface area contributed by atoms with Crippen molar-refractivity contribution in [3.63, 3.8) is 0 Å². The number of rotatable bonds is 9. The molecule has 3 aliphatic rings. The first-order valence-corrected chi connectivity index (χ1v) is 11.9. The van der Waals surface area contributed by atoms with E-state index < -0.39 is 0 Å². The first-order chi connectivity index (χ1) is 15.3. The summed E-state index contributed by atoms with van der Waals surface area (Å²) in [5.74, 6) is 2.61. The van der Waals surface area contributed by atoms with Gasteiger partial charge in [0.05, 0.1) is 19.3 Å². The lowest BCUT2D eigenvalue weighted by molar-refractivity contribution is 0.0420. The molecule has 1 aliphatic carbocycles. The van der Waals surface area contributed by atoms with Gasteiger partial charge in [-0.1, -0.05) is 18.9 Å². The number of nitrogens with zero attached hydrogens (tertiary/aromatic N) is 1. The van der Waals surface area contributed by atoms with Gasteiger partial charge >= 0.3 is 0 Å². The van der Waals surface area contributed by atoms with Gasteiger partial charge in [-0.3, -0.25) is 4.99 Å². The summed E-state index contributed by atoms with van der Waals surface area (Å²) in [6.45, 7) is 8.12. The van der Waals surface area contributed by atoms with E-state index in [0.29, 0.717) is 13.2 Å². The number of benzene rings is 1. The second-order valence-corrected chi connectivity index (χ2v) is 8.68. The van der Waals surface area contributed by atoms with Crippen LogP contribution in [0.5, 0.6) is 11.5 Å². The van der Waals surface area contributed by atoms with E-state index in [9.17, 15) is 0 Å². The van der Waals surface area contributed by atoms with E-state index in [-0.39, 0.29) is 11.5 Å². The average molecular weight is 432 g/mol. The smallest absolute Gasteiger partial charge is 0.191 e. The predicted molar refractivity (Wildman–Crippen MR) is 121 cm³/mol. The molecule has 7 heteroatoms. The first kappa shape index (κ1) is 22.2. The van der Waals surface area contributed by atoms with Crippen molar-refractivity contribution in [1.82, 2.24) is 10.6 Å². The van der Waals surface area contributed by atoms with Crippen molar-refractivity contribution >= 4 is 5.96 Å². The Labute approximate surface area is 185 Å². The minimum atomic E-state index is 0.0732. The zero-order chi connectivity index (χ0) is 21.4. The van der Waals surface area contributed by atoms with Crippen molar-refractivity contribution in [2.45, 2.75) is 57.0 Å². The van der Waals surface area contributed by atoms with Crippen molar-refractivity contribution in [3.05, 3.63) is 23.8 Å². The van der Waals surface area contributed by atoms with E-state index >= 15 is 0 Å². The first-order valence-electron chi connectivity index (χ1n) is 11.9. The maximum absolute atomic E-state index is 5.86. The van der Waals surface area contributed by atoms with Crippen LogP contribution >= 0.6 is 0 Å². The van der Waals surface area contributed by atoms with Crippen molar-refractivity contribution in [3.8, 4) is 11.5 Å². The predicted octanol–water partition coefficient (Wildman–Crippen LogP) is 3.02. The maximum Gasteiger partial charge on any atom is 0.191 e. The molecule has 0 bridgehead atoms. The Bertz CT molecular complexity index is 728. The summed E-state index contributed by atoms with van der Waals surface area (Å²) in [5.41, 5.74) is 1.39. The number of nitrogens with one attached hydrogen (secondary N) is 2. The molecule has 1 saturated carbocycles. The Hall–Kier alpha value is -1.99. The van der Waals surface area contributed by atoms with E-state index in [2.05, 4.69) is 35.8 Å². The van der Waals surface area contributed by atoms with Gasteiger partial charge in [-0.15, -0.1) is 0 Å². The lowest BCUT2D eigenvalue weighted by atomic mass is 9.79. The van der Waals surface area contributed by atoms with Crippen LogP contribution in [0.1, 0.15) is 51.0 Å². The topological polar surface area (TPSA) is 73.3 Å². The van der Waals surface area contributed by atoms with Gasteiger partial charge in [-0.05, 0) is 50.3 Å². The monoisotopic (exact) mass is 431 g/mol. The highest BCUT2D eigenvalue weighted by Crippen LogP contribution is 2.44. The number of aliphatic imine (C=N–C) groups is 1. The molecule has 2 fully saturated rings. The van der Waals surface area contributed by atoms with Crippen molar-refractivity contribution in [2.24, 2.45) is 4.99 Å². The van der Waals surface area contributed by atoms with E-state index in [1.165, 1.54) is 18.4 Å². The van der Waals surface area contributed by atoms with E-state index in [1.807, 2.05) is 0 Å². The Kier molecular flexibility index (Phi) is 7.92. The molecule has 31 heavy (non-hydrogen) atoms. The second kappa shape index (κ2) is 11.0. The van der Waals surface area contributed by atoms with Crippen LogP contribution in [0.25, 0.3) is 0 Å². The molecular formula is C24H37N3O4. The number of hydrogen-bond donors (Lipinski definition) is 2. The quantitative estimate of drug-likeness (QED) is 0.356. The summed E-state index contributed by atoms with van der Waals surface area (Å²) in [6, 6.07) is 6.45. The average Bonchev–Trinajstić information content (AvgIpc) is 3.50. The highest BCUT2D eigenvalue weighted by molar-refractivity contribution is 5.79. The van der Waals surface area contributed by atoms with Crippen LogP contribution in [0.3, 0.4) is 0 Å². The molecule has 1 saturated heterocycles. The third kappa shape index (κ3) is 5.83. The van der Waals surface area contributed by atoms with Crippen molar-refractivity contribution in [1.29, 1.82) is 0 Å². The summed E-state index contributed by atoms with van der Waals surface area (Å²) >= 11 is 0. The number of guanidine groups is 1. The normalized spacial score (nSPS) is 22.5. The molecule has 4 rings (SSSR count). The number of ether oxygens (including phenoxy) is 4. The zero-order valence-corrected chi connectivity index (χ0v) is 18.8. The minimum Gasteiger partial charge on any atom is -0.486 e. The van der Waals surface area contributed by atoms with Crippen molar-refractivity contribution < 1.29 is 18.9 Å². The molecule has 1 aromatic rings. The molecule has 2 heterocycles. The van der Waals surface area contributed by atoms with Gasteiger partial charge in [0, 0.05) is 31.7 Å². The van der Waals surface area contributed by atoms with Gasteiger partial charge in [0.1, 0.15) is 13.2 Å². The minimum absolute atomic E-state index is 0.0732. The molecule has 2 N–H and O–H groups in total. The molecule has 2 aliphatic heterocycles. The van der Waals surface area contributed by atoms with Crippen LogP contribution in [0.4, 0.5) is 0 Å². The Morgan fingerprint density at radius 2 is 1.97 bits per heavy atom. The van der Waals surface area contributed by atoms with E-state index in [0.717, 1.165) is 82.6 Å². The lowest BCUT2D eigenvalue weighted by Crippen LogP contribution is -2.39. The number of fused-ring (bicyclic) bond motifs is 1. The largest absolute Gasteiger partial charge is 0.486 e. The van der Waals surface area contributed by atoms with Gasteiger partial charge in [-0.25, -0.2) is 0 Å². The summed E-state index contributed by atoms with van der Waals surface area (Å²) in [7, 11) is 0.